The first kappa shape index (κ1) is 14.2. The van der Waals surface area contributed by atoms with E-state index in [4.69, 9.17) is 4.74 Å². The molecule has 0 aromatic heterocycles. The third-order valence-corrected chi connectivity index (χ3v) is 3.80. The number of benzene rings is 2. The number of nitrogens with one attached hydrogen (secondary N) is 1. The Morgan fingerprint density at radius 2 is 1.57 bits per heavy atom. The molecule has 2 aromatic rings. The quantitative estimate of drug-likeness (QED) is 0.859. The fourth-order valence-electron chi connectivity index (χ4n) is 2.49. The van der Waals surface area contributed by atoms with Gasteiger partial charge in [0, 0.05) is 12.6 Å². The first-order valence-corrected chi connectivity index (χ1v) is 7.71. The van der Waals surface area contributed by atoms with Crippen molar-refractivity contribution in [3.05, 3.63) is 64.7 Å². The van der Waals surface area contributed by atoms with E-state index >= 15 is 0 Å². The molecule has 0 radical (unpaired) electrons. The number of hydrogen-bond acceptors (Lipinski definition) is 2. The van der Waals surface area contributed by atoms with Crippen molar-refractivity contribution in [3.8, 4) is 5.75 Å². The summed E-state index contributed by atoms with van der Waals surface area (Å²) in [4.78, 5) is 0. The zero-order valence-corrected chi connectivity index (χ0v) is 12.9. The lowest BCUT2D eigenvalue weighted by atomic mass is 10.1. The Kier molecular flexibility index (Phi) is 4.26. The molecular weight excluding hydrogens is 258 g/mol. The van der Waals surface area contributed by atoms with Gasteiger partial charge in [0.2, 0.25) is 0 Å². The lowest BCUT2D eigenvalue weighted by molar-refractivity contribution is 0.306. The van der Waals surface area contributed by atoms with Gasteiger partial charge in [-0.25, -0.2) is 0 Å². The van der Waals surface area contributed by atoms with Gasteiger partial charge >= 0.3 is 0 Å². The summed E-state index contributed by atoms with van der Waals surface area (Å²) in [6.45, 7) is 5.80. The van der Waals surface area contributed by atoms with E-state index in [0.717, 1.165) is 18.3 Å². The number of hydrogen-bond donors (Lipinski definition) is 1. The maximum Gasteiger partial charge on any atom is 0.120 e. The Hall–Kier alpha value is -1.80. The van der Waals surface area contributed by atoms with Gasteiger partial charge < -0.3 is 10.1 Å². The van der Waals surface area contributed by atoms with Crippen molar-refractivity contribution in [1.82, 2.24) is 5.32 Å². The predicted molar refractivity (Wildman–Crippen MR) is 86.6 cm³/mol. The van der Waals surface area contributed by atoms with E-state index in [-0.39, 0.29) is 0 Å². The Bertz CT molecular complexity index is 579. The molecule has 2 aromatic carbocycles. The first-order chi connectivity index (χ1) is 10.2. The van der Waals surface area contributed by atoms with Gasteiger partial charge in [-0.05, 0) is 61.1 Å². The average Bonchev–Trinajstić information content (AvgIpc) is 3.27. The van der Waals surface area contributed by atoms with Gasteiger partial charge in [-0.1, -0.05) is 30.3 Å². The summed E-state index contributed by atoms with van der Waals surface area (Å²) in [5.41, 5.74) is 5.04. The minimum atomic E-state index is 0.624. The van der Waals surface area contributed by atoms with Crippen molar-refractivity contribution in [2.24, 2.45) is 0 Å². The molecular formula is C19H23NO. The number of ether oxygens (including phenoxy) is 1. The zero-order chi connectivity index (χ0) is 14.7. The van der Waals surface area contributed by atoms with Crippen LogP contribution < -0.4 is 10.1 Å². The molecule has 0 atom stereocenters. The van der Waals surface area contributed by atoms with Crippen LogP contribution in [0.25, 0.3) is 0 Å². The minimum Gasteiger partial charge on any atom is -0.489 e. The second kappa shape index (κ2) is 6.31. The summed E-state index contributed by atoms with van der Waals surface area (Å²) in [6, 6.07) is 15.8. The highest BCUT2D eigenvalue weighted by Gasteiger charge is 2.19. The summed E-state index contributed by atoms with van der Waals surface area (Å²) in [5, 5.41) is 3.53. The summed E-state index contributed by atoms with van der Waals surface area (Å²) < 4.78 is 5.89. The molecule has 1 aliphatic rings. The fourth-order valence-corrected chi connectivity index (χ4v) is 2.49. The molecule has 1 fully saturated rings. The molecule has 2 heteroatoms. The molecule has 0 aliphatic heterocycles. The molecule has 2 nitrogen and oxygen atoms in total. The van der Waals surface area contributed by atoms with Gasteiger partial charge in [-0.3, -0.25) is 0 Å². The number of aryl methyl sites for hydroxylation is 2. The molecule has 1 aliphatic carbocycles. The van der Waals surface area contributed by atoms with E-state index in [0.29, 0.717) is 6.61 Å². The van der Waals surface area contributed by atoms with Crippen molar-refractivity contribution >= 4 is 0 Å². The summed E-state index contributed by atoms with van der Waals surface area (Å²) in [5.74, 6) is 0.951. The van der Waals surface area contributed by atoms with Crippen LogP contribution in [0.2, 0.25) is 0 Å². The molecule has 0 saturated heterocycles. The monoisotopic (exact) mass is 281 g/mol. The van der Waals surface area contributed by atoms with E-state index in [1.54, 1.807) is 0 Å². The molecule has 0 unspecified atom stereocenters. The van der Waals surface area contributed by atoms with E-state index in [9.17, 15) is 0 Å². The molecule has 0 heterocycles. The maximum absolute atomic E-state index is 5.89. The highest BCUT2D eigenvalue weighted by atomic mass is 16.5. The smallest absolute Gasteiger partial charge is 0.120 e. The van der Waals surface area contributed by atoms with Gasteiger partial charge in [0.15, 0.2) is 0 Å². The van der Waals surface area contributed by atoms with Gasteiger partial charge in [0.1, 0.15) is 12.4 Å². The van der Waals surface area contributed by atoms with Crippen LogP contribution in [-0.2, 0) is 13.2 Å². The molecule has 3 rings (SSSR count). The van der Waals surface area contributed by atoms with Crippen LogP contribution in [0.3, 0.4) is 0 Å². The Morgan fingerprint density at radius 1 is 0.952 bits per heavy atom. The van der Waals surface area contributed by atoms with Crippen molar-refractivity contribution in [1.29, 1.82) is 0 Å². The summed E-state index contributed by atoms with van der Waals surface area (Å²) in [7, 11) is 0. The minimum absolute atomic E-state index is 0.624. The SMILES string of the molecule is Cc1cc(C)cc(OCc2ccc(CNC3CC3)cc2)c1. The second-order valence-corrected chi connectivity index (χ2v) is 6.08. The summed E-state index contributed by atoms with van der Waals surface area (Å²) in [6.07, 6.45) is 2.67. The lowest BCUT2D eigenvalue weighted by Crippen LogP contribution is -2.15. The van der Waals surface area contributed by atoms with Crippen LogP contribution in [0.4, 0.5) is 0 Å². The van der Waals surface area contributed by atoms with Crippen LogP contribution in [0.1, 0.15) is 35.1 Å². The molecule has 0 bridgehead atoms. The molecule has 110 valence electrons. The highest BCUT2D eigenvalue weighted by molar-refractivity contribution is 5.33. The topological polar surface area (TPSA) is 21.3 Å². The van der Waals surface area contributed by atoms with Gasteiger partial charge in [-0.2, -0.15) is 0 Å². The van der Waals surface area contributed by atoms with Gasteiger partial charge in [-0.15, -0.1) is 0 Å². The maximum atomic E-state index is 5.89. The van der Waals surface area contributed by atoms with E-state index < -0.39 is 0 Å². The van der Waals surface area contributed by atoms with Crippen molar-refractivity contribution in [2.75, 3.05) is 0 Å². The molecule has 1 N–H and O–H groups in total. The molecule has 0 amide bonds. The van der Waals surface area contributed by atoms with E-state index in [1.807, 2.05) is 0 Å². The van der Waals surface area contributed by atoms with Crippen molar-refractivity contribution in [2.45, 2.75) is 45.9 Å². The largest absolute Gasteiger partial charge is 0.489 e. The van der Waals surface area contributed by atoms with Crippen LogP contribution >= 0.6 is 0 Å². The first-order valence-electron chi connectivity index (χ1n) is 7.71. The third-order valence-electron chi connectivity index (χ3n) is 3.80. The van der Waals surface area contributed by atoms with E-state index in [2.05, 4.69) is 61.6 Å². The highest BCUT2D eigenvalue weighted by Crippen LogP contribution is 2.20. The standard InChI is InChI=1S/C19H23NO/c1-14-9-15(2)11-19(10-14)21-13-17-5-3-16(4-6-17)12-20-18-7-8-18/h3-6,9-11,18,20H,7-8,12-13H2,1-2H3. The van der Waals surface area contributed by atoms with Crippen molar-refractivity contribution in [3.63, 3.8) is 0 Å². The fraction of sp³-hybridized carbons (Fsp3) is 0.368. The second-order valence-electron chi connectivity index (χ2n) is 6.08. The third kappa shape index (κ3) is 4.33. The van der Waals surface area contributed by atoms with Gasteiger partial charge in [0.25, 0.3) is 0 Å². The van der Waals surface area contributed by atoms with Crippen LogP contribution in [-0.4, -0.2) is 6.04 Å². The molecule has 1 saturated carbocycles. The zero-order valence-electron chi connectivity index (χ0n) is 12.9. The normalized spacial score (nSPS) is 14.2. The lowest BCUT2D eigenvalue weighted by Gasteiger charge is -2.09. The van der Waals surface area contributed by atoms with Crippen LogP contribution in [0.15, 0.2) is 42.5 Å². The average molecular weight is 281 g/mol. The van der Waals surface area contributed by atoms with Gasteiger partial charge in [0.05, 0.1) is 0 Å². The predicted octanol–water partition coefficient (Wildman–Crippen LogP) is 4.13. The van der Waals surface area contributed by atoms with Crippen molar-refractivity contribution < 1.29 is 4.74 Å². The molecule has 0 spiro atoms. The number of rotatable bonds is 6. The Balaban J connectivity index is 1.54. The summed E-state index contributed by atoms with van der Waals surface area (Å²) >= 11 is 0. The Morgan fingerprint density at radius 3 is 2.19 bits per heavy atom. The Labute approximate surface area is 127 Å². The molecule has 21 heavy (non-hydrogen) atoms. The van der Waals surface area contributed by atoms with E-state index in [1.165, 1.54) is 35.1 Å². The van der Waals surface area contributed by atoms with Crippen LogP contribution in [0.5, 0.6) is 5.75 Å². The van der Waals surface area contributed by atoms with Crippen LogP contribution in [0, 0.1) is 13.8 Å².